The Labute approximate surface area is 124 Å². The molecule has 2 rings (SSSR count). The van der Waals surface area contributed by atoms with Crippen LogP contribution in [0.2, 0.25) is 0 Å². The molecule has 0 radical (unpaired) electrons. The van der Waals surface area contributed by atoms with E-state index < -0.39 is 10.0 Å². The van der Waals surface area contributed by atoms with E-state index in [0.717, 1.165) is 4.88 Å². The minimum Gasteiger partial charge on any atom is -0.340 e. The minimum atomic E-state index is -3.44. The van der Waals surface area contributed by atoms with Gasteiger partial charge in [0.2, 0.25) is 15.9 Å². The van der Waals surface area contributed by atoms with Gasteiger partial charge in [0.15, 0.2) is 0 Å². The fraction of sp³-hybridized carbons (Fsp3) is 0.615. The van der Waals surface area contributed by atoms with Crippen LogP contribution in [0.3, 0.4) is 0 Å². The quantitative estimate of drug-likeness (QED) is 0.897. The van der Waals surface area contributed by atoms with E-state index in [1.54, 1.807) is 17.0 Å². The van der Waals surface area contributed by atoms with Crippen molar-refractivity contribution in [1.29, 1.82) is 0 Å². The number of nitrogens with zero attached hydrogens (tertiary/aromatic N) is 1. The van der Waals surface area contributed by atoms with Crippen LogP contribution in [-0.4, -0.2) is 38.4 Å². The van der Waals surface area contributed by atoms with Gasteiger partial charge in [-0.05, 0) is 38.8 Å². The second-order valence-corrected chi connectivity index (χ2v) is 8.71. The Morgan fingerprint density at radius 1 is 1.45 bits per heavy atom. The second kappa shape index (κ2) is 5.83. The van der Waals surface area contributed by atoms with Gasteiger partial charge in [-0.25, -0.2) is 13.1 Å². The lowest BCUT2D eigenvalue weighted by Gasteiger charge is -2.20. The van der Waals surface area contributed by atoms with Crippen molar-refractivity contribution in [2.75, 3.05) is 13.1 Å². The van der Waals surface area contributed by atoms with E-state index in [0.29, 0.717) is 23.7 Å². The Bertz CT molecular complexity index is 593. The molecule has 112 valence electrons. The van der Waals surface area contributed by atoms with Crippen molar-refractivity contribution in [1.82, 2.24) is 9.62 Å². The summed E-state index contributed by atoms with van der Waals surface area (Å²) in [5, 5.41) is 0. The molecular weight excluding hydrogens is 296 g/mol. The number of amides is 1. The molecule has 1 aromatic rings. The summed E-state index contributed by atoms with van der Waals surface area (Å²) in [6.45, 7) is 6.76. The average Bonchev–Trinajstić information content (AvgIpc) is 2.93. The summed E-state index contributed by atoms with van der Waals surface area (Å²) < 4.78 is 27.1. The lowest BCUT2D eigenvalue weighted by molar-refractivity contribution is -0.129. The van der Waals surface area contributed by atoms with Crippen LogP contribution >= 0.6 is 11.3 Å². The van der Waals surface area contributed by atoms with Crippen LogP contribution in [0.5, 0.6) is 0 Å². The third-order valence-corrected chi connectivity index (χ3v) is 6.32. The molecular formula is C13H20N2O3S2. The van der Waals surface area contributed by atoms with Gasteiger partial charge in [0.05, 0.1) is 0 Å². The van der Waals surface area contributed by atoms with E-state index in [-0.39, 0.29) is 17.9 Å². The van der Waals surface area contributed by atoms with Gasteiger partial charge in [-0.15, -0.1) is 11.3 Å². The molecule has 1 fully saturated rings. The standard InChI is InChI=1S/C13H20N2O3S2/c1-9(2)15-8-11(6-12(15)16)7-14-20(17,18)13-5-4-10(3)19-13/h4-5,9,11,14H,6-8H2,1-3H3. The monoisotopic (exact) mass is 316 g/mol. The van der Waals surface area contributed by atoms with Gasteiger partial charge in [0.1, 0.15) is 4.21 Å². The fourth-order valence-electron chi connectivity index (χ4n) is 2.30. The maximum Gasteiger partial charge on any atom is 0.250 e. The van der Waals surface area contributed by atoms with Gasteiger partial charge < -0.3 is 4.90 Å². The Kier molecular flexibility index (Phi) is 4.51. The molecule has 1 aliphatic heterocycles. The summed E-state index contributed by atoms with van der Waals surface area (Å²) in [4.78, 5) is 14.5. The number of likely N-dealkylation sites (tertiary alicyclic amines) is 1. The highest BCUT2D eigenvalue weighted by Crippen LogP contribution is 2.22. The van der Waals surface area contributed by atoms with Gasteiger partial charge in [0.25, 0.3) is 0 Å². The van der Waals surface area contributed by atoms with E-state index >= 15 is 0 Å². The predicted octanol–water partition coefficient (Wildman–Crippen LogP) is 1.59. The van der Waals surface area contributed by atoms with Crippen LogP contribution in [0.25, 0.3) is 0 Å². The first-order valence-electron chi connectivity index (χ1n) is 6.65. The van der Waals surface area contributed by atoms with Gasteiger partial charge in [-0.3, -0.25) is 4.79 Å². The molecule has 0 spiro atoms. The van der Waals surface area contributed by atoms with E-state index in [2.05, 4.69) is 4.72 Å². The first kappa shape index (κ1) is 15.5. The lowest BCUT2D eigenvalue weighted by Crippen LogP contribution is -2.34. The molecule has 0 saturated carbocycles. The lowest BCUT2D eigenvalue weighted by atomic mass is 10.1. The number of carbonyl (C=O) groups is 1. The molecule has 0 bridgehead atoms. The third kappa shape index (κ3) is 3.39. The van der Waals surface area contributed by atoms with E-state index in [9.17, 15) is 13.2 Å². The molecule has 1 aromatic heterocycles. The summed E-state index contributed by atoms with van der Waals surface area (Å²) >= 11 is 1.26. The maximum absolute atomic E-state index is 12.1. The van der Waals surface area contributed by atoms with Crippen molar-refractivity contribution >= 4 is 27.3 Å². The molecule has 0 aliphatic carbocycles. The zero-order valence-electron chi connectivity index (χ0n) is 11.9. The smallest absolute Gasteiger partial charge is 0.250 e. The zero-order valence-corrected chi connectivity index (χ0v) is 13.6. The van der Waals surface area contributed by atoms with Crippen molar-refractivity contribution in [2.24, 2.45) is 5.92 Å². The molecule has 1 atom stereocenters. The normalized spacial score (nSPS) is 20.1. The van der Waals surface area contributed by atoms with Crippen LogP contribution in [-0.2, 0) is 14.8 Å². The summed E-state index contributed by atoms with van der Waals surface area (Å²) in [6.07, 6.45) is 0.421. The molecule has 7 heteroatoms. The van der Waals surface area contributed by atoms with E-state index in [1.165, 1.54) is 11.3 Å². The maximum atomic E-state index is 12.1. The van der Waals surface area contributed by atoms with Crippen LogP contribution in [0, 0.1) is 12.8 Å². The van der Waals surface area contributed by atoms with Crippen molar-refractivity contribution in [3.8, 4) is 0 Å². The number of thiophene rings is 1. The SMILES string of the molecule is Cc1ccc(S(=O)(=O)NCC2CC(=O)N(C(C)C)C2)s1. The minimum absolute atomic E-state index is 0.0562. The summed E-state index contributed by atoms with van der Waals surface area (Å²) in [5.41, 5.74) is 0. The highest BCUT2D eigenvalue weighted by molar-refractivity contribution is 7.91. The molecule has 1 unspecified atom stereocenters. The van der Waals surface area contributed by atoms with Gasteiger partial charge >= 0.3 is 0 Å². The summed E-state index contributed by atoms with van der Waals surface area (Å²) in [7, 11) is -3.44. The van der Waals surface area contributed by atoms with E-state index in [4.69, 9.17) is 0 Å². The number of hydrogen-bond acceptors (Lipinski definition) is 4. The number of carbonyl (C=O) groups excluding carboxylic acids is 1. The van der Waals surface area contributed by atoms with Crippen LogP contribution < -0.4 is 4.72 Å². The van der Waals surface area contributed by atoms with E-state index in [1.807, 2.05) is 20.8 Å². The van der Waals surface area contributed by atoms with Gasteiger partial charge in [-0.1, -0.05) is 0 Å². The fourth-order valence-corrected chi connectivity index (χ4v) is 4.74. The Balaban J connectivity index is 1.95. The van der Waals surface area contributed by atoms with Crippen LogP contribution in [0.4, 0.5) is 0 Å². The topological polar surface area (TPSA) is 66.5 Å². The number of sulfonamides is 1. The highest BCUT2D eigenvalue weighted by atomic mass is 32.2. The molecule has 1 amide bonds. The Hall–Kier alpha value is -0.920. The van der Waals surface area contributed by atoms with Crippen molar-refractivity contribution in [3.63, 3.8) is 0 Å². The third-order valence-electron chi connectivity index (χ3n) is 3.40. The second-order valence-electron chi connectivity index (χ2n) is 5.43. The molecule has 2 heterocycles. The Morgan fingerprint density at radius 3 is 2.65 bits per heavy atom. The first-order chi connectivity index (χ1) is 9.29. The molecule has 5 nitrogen and oxygen atoms in total. The predicted molar refractivity (Wildman–Crippen MR) is 79.2 cm³/mol. The average molecular weight is 316 g/mol. The molecule has 1 aliphatic rings. The summed E-state index contributed by atoms with van der Waals surface area (Å²) in [5.74, 6) is 0.164. The zero-order chi connectivity index (χ0) is 14.9. The highest BCUT2D eigenvalue weighted by Gasteiger charge is 2.31. The van der Waals surface area contributed by atoms with Gasteiger partial charge in [0, 0.05) is 30.4 Å². The number of aryl methyl sites for hydroxylation is 1. The molecule has 1 saturated heterocycles. The molecule has 0 aromatic carbocycles. The van der Waals surface area contributed by atoms with Crippen LogP contribution in [0.15, 0.2) is 16.3 Å². The first-order valence-corrected chi connectivity index (χ1v) is 8.95. The van der Waals surface area contributed by atoms with Crippen molar-refractivity contribution < 1.29 is 13.2 Å². The molecule has 1 N–H and O–H groups in total. The largest absolute Gasteiger partial charge is 0.340 e. The van der Waals surface area contributed by atoms with Crippen molar-refractivity contribution in [3.05, 3.63) is 17.0 Å². The van der Waals surface area contributed by atoms with Gasteiger partial charge in [-0.2, -0.15) is 0 Å². The van der Waals surface area contributed by atoms with Crippen molar-refractivity contribution in [2.45, 2.75) is 37.4 Å². The molecule has 20 heavy (non-hydrogen) atoms. The van der Waals surface area contributed by atoms with Crippen LogP contribution in [0.1, 0.15) is 25.1 Å². The number of rotatable bonds is 5. The summed E-state index contributed by atoms with van der Waals surface area (Å²) in [6, 6.07) is 3.57. The number of nitrogens with one attached hydrogen (secondary N) is 1. The Morgan fingerprint density at radius 2 is 2.15 bits per heavy atom. The number of hydrogen-bond donors (Lipinski definition) is 1.